The van der Waals surface area contributed by atoms with Gasteiger partial charge in [0.2, 0.25) is 5.91 Å². The second-order valence-electron chi connectivity index (χ2n) is 9.11. The summed E-state index contributed by atoms with van der Waals surface area (Å²) in [6.45, 7) is 0.446. The first-order valence-electron chi connectivity index (χ1n) is 11.3. The summed E-state index contributed by atoms with van der Waals surface area (Å²) in [5.74, 6) is -0.852. The van der Waals surface area contributed by atoms with E-state index >= 15 is 0 Å². The largest absolute Gasteiger partial charge is 0.478 e. The first kappa shape index (κ1) is 21.2. The van der Waals surface area contributed by atoms with Gasteiger partial charge in [-0.05, 0) is 47.4 Å². The maximum Gasteiger partial charge on any atom is 0.407 e. The zero-order valence-corrected chi connectivity index (χ0v) is 18.1. The van der Waals surface area contributed by atoms with E-state index in [-0.39, 0.29) is 36.9 Å². The van der Waals surface area contributed by atoms with E-state index in [9.17, 15) is 14.4 Å². The van der Waals surface area contributed by atoms with Gasteiger partial charge in [0.1, 0.15) is 6.61 Å². The van der Waals surface area contributed by atoms with E-state index in [0.717, 1.165) is 18.9 Å². The second kappa shape index (κ2) is 8.39. The molecule has 0 aromatic heterocycles. The molecule has 0 spiro atoms. The van der Waals surface area contributed by atoms with E-state index in [1.807, 2.05) is 24.3 Å². The summed E-state index contributed by atoms with van der Waals surface area (Å²) in [6, 6.07) is 16.3. The predicted molar refractivity (Wildman–Crippen MR) is 122 cm³/mol. The maximum atomic E-state index is 12.6. The third-order valence-corrected chi connectivity index (χ3v) is 7.17. The van der Waals surface area contributed by atoms with E-state index in [1.54, 1.807) is 0 Å². The molecule has 170 valence electrons. The maximum absolute atomic E-state index is 12.6. The van der Waals surface area contributed by atoms with Crippen molar-refractivity contribution in [1.82, 2.24) is 10.6 Å². The van der Waals surface area contributed by atoms with E-state index in [0.29, 0.717) is 6.42 Å². The molecule has 0 saturated heterocycles. The van der Waals surface area contributed by atoms with Gasteiger partial charge in [-0.3, -0.25) is 4.79 Å². The number of ether oxygens (including phenoxy) is 1. The lowest BCUT2D eigenvalue weighted by Crippen LogP contribution is -2.38. The molecule has 3 aliphatic carbocycles. The second-order valence-corrected chi connectivity index (χ2v) is 9.11. The van der Waals surface area contributed by atoms with Gasteiger partial charge >= 0.3 is 12.1 Å². The van der Waals surface area contributed by atoms with Gasteiger partial charge in [-0.2, -0.15) is 0 Å². The highest BCUT2D eigenvalue weighted by atomic mass is 16.5. The zero-order valence-electron chi connectivity index (χ0n) is 18.1. The lowest BCUT2D eigenvalue weighted by atomic mass is 9.98. The molecule has 2 fully saturated rings. The molecule has 0 radical (unpaired) electrons. The number of amides is 2. The Hall–Kier alpha value is -3.61. The number of hydrogen-bond acceptors (Lipinski definition) is 4. The van der Waals surface area contributed by atoms with Crippen molar-refractivity contribution in [3.8, 4) is 11.1 Å². The monoisotopic (exact) mass is 446 g/mol. The van der Waals surface area contributed by atoms with Crippen molar-refractivity contribution in [2.75, 3.05) is 13.2 Å². The molecule has 33 heavy (non-hydrogen) atoms. The van der Waals surface area contributed by atoms with Crippen molar-refractivity contribution < 1.29 is 24.2 Å². The highest BCUT2D eigenvalue weighted by Crippen LogP contribution is 2.63. The Labute approximate surface area is 191 Å². The molecular weight excluding hydrogens is 420 g/mol. The number of hydrogen-bond donors (Lipinski definition) is 3. The first-order valence-corrected chi connectivity index (χ1v) is 11.3. The van der Waals surface area contributed by atoms with Crippen LogP contribution < -0.4 is 10.6 Å². The van der Waals surface area contributed by atoms with Crippen LogP contribution in [0.3, 0.4) is 0 Å². The molecule has 0 aliphatic heterocycles. The van der Waals surface area contributed by atoms with Gasteiger partial charge in [-0.25, -0.2) is 9.59 Å². The highest BCUT2D eigenvalue weighted by Gasteiger charge is 2.65. The summed E-state index contributed by atoms with van der Waals surface area (Å²) in [5.41, 5.74) is 4.26. The molecule has 2 aromatic rings. The predicted octanol–water partition coefficient (Wildman–Crippen LogP) is 3.45. The summed E-state index contributed by atoms with van der Waals surface area (Å²) in [6.07, 6.45) is 4.11. The van der Waals surface area contributed by atoms with Crippen LogP contribution in [-0.2, 0) is 14.3 Å². The first-order chi connectivity index (χ1) is 16.0. The zero-order chi connectivity index (χ0) is 23.0. The van der Waals surface area contributed by atoms with Crippen molar-refractivity contribution in [2.45, 2.75) is 31.2 Å². The van der Waals surface area contributed by atoms with Crippen molar-refractivity contribution >= 4 is 18.0 Å². The quantitative estimate of drug-likeness (QED) is 0.565. The van der Waals surface area contributed by atoms with Crippen LogP contribution in [0.1, 0.15) is 36.3 Å². The number of aliphatic carboxylic acids is 1. The van der Waals surface area contributed by atoms with E-state index < -0.39 is 17.5 Å². The third kappa shape index (κ3) is 3.99. The standard InChI is InChI=1S/C26H26N2O5/c29-23(30)10-5-11-27-24(31)26-13-16(26)12-17(14-26)28-25(32)33-15-22-20-8-3-1-6-18(20)19-7-2-4-9-21(19)22/h1-10,16-17,22H,11-15H2,(H,27,31)(H,28,32)(H,29,30)/b10-5+/t16-,17+,26+/m0/s1. The fourth-order valence-electron chi connectivity index (χ4n) is 5.58. The van der Waals surface area contributed by atoms with Crippen LogP contribution in [0.4, 0.5) is 4.79 Å². The number of benzene rings is 2. The van der Waals surface area contributed by atoms with Crippen LogP contribution in [0.2, 0.25) is 0 Å². The van der Waals surface area contributed by atoms with Crippen molar-refractivity contribution in [2.24, 2.45) is 11.3 Å². The molecule has 7 heteroatoms. The highest BCUT2D eigenvalue weighted by molar-refractivity contribution is 5.87. The Kier molecular flexibility index (Phi) is 5.40. The average Bonchev–Trinajstić information content (AvgIpc) is 3.23. The van der Waals surface area contributed by atoms with E-state index in [4.69, 9.17) is 9.84 Å². The number of carboxylic acid groups (broad SMARTS) is 1. The molecule has 0 bridgehead atoms. The molecule has 0 heterocycles. The SMILES string of the molecule is O=C(O)/C=C/CNC(=O)[C@]12C[C@H](NC(=O)OCC3c4ccccc4-c4ccccc43)C[C@H]1C2. The number of carbonyl (C=O) groups is 3. The Bertz CT molecular complexity index is 1100. The van der Waals surface area contributed by atoms with Gasteiger partial charge < -0.3 is 20.5 Å². The van der Waals surface area contributed by atoms with Gasteiger partial charge in [0.05, 0.1) is 5.41 Å². The molecule has 7 nitrogen and oxygen atoms in total. The lowest BCUT2D eigenvalue weighted by molar-refractivity contribution is -0.131. The van der Waals surface area contributed by atoms with Crippen LogP contribution in [0.25, 0.3) is 11.1 Å². The summed E-state index contributed by atoms with van der Waals surface area (Å²) in [5, 5.41) is 14.4. The fraction of sp³-hybridized carbons (Fsp3) is 0.346. The van der Waals surface area contributed by atoms with Gasteiger partial charge in [0.25, 0.3) is 0 Å². The van der Waals surface area contributed by atoms with Crippen molar-refractivity contribution in [3.05, 3.63) is 71.8 Å². The minimum atomic E-state index is -1.04. The Balaban J connectivity index is 1.14. The molecule has 3 aliphatic rings. The van der Waals surface area contributed by atoms with Crippen LogP contribution >= 0.6 is 0 Å². The van der Waals surface area contributed by atoms with Crippen LogP contribution in [-0.4, -0.2) is 42.3 Å². The summed E-state index contributed by atoms with van der Waals surface area (Å²) >= 11 is 0. The normalized spacial score (nSPS) is 24.6. The molecule has 5 rings (SSSR count). The number of fused-ring (bicyclic) bond motifs is 4. The van der Waals surface area contributed by atoms with Crippen LogP contribution in [0.15, 0.2) is 60.7 Å². The van der Waals surface area contributed by atoms with E-state index in [2.05, 4.69) is 34.9 Å². The number of rotatable bonds is 7. The molecular formula is C26H26N2O5. The number of carbonyl (C=O) groups excluding carboxylic acids is 2. The number of alkyl carbamates (subject to hydrolysis) is 1. The van der Waals surface area contributed by atoms with Crippen LogP contribution in [0.5, 0.6) is 0 Å². The Morgan fingerprint density at radius 1 is 1.03 bits per heavy atom. The van der Waals surface area contributed by atoms with Gasteiger partial charge in [-0.15, -0.1) is 0 Å². The number of nitrogens with one attached hydrogen (secondary N) is 2. The molecule has 2 aromatic carbocycles. The van der Waals surface area contributed by atoms with Gasteiger partial charge in [0.15, 0.2) is 0 Å². The molecule has 2 saturated carbocycles. The minimum absolute atomic E-state index is 0.0103. The summed E-state index contributed by atoms with van der Waals surface area (Å²) in [7, 11) is 0. The molecule has 2 amide bonds. The van der Waals surface area contributed by atoms with Crippen LogP contribution in [0, 0.1) is 11.3 Å². The summed E-state index contributed by atoms with van der Waals surface area (Å²) in [4.78, 5) is 35.7. The fourth-order valence-corrected chi connectivity index (χ4v) is 5.58. The van der Waals surface area contributed by atoms with Gasteiger partial charge in [-0.1, -0.05) is 54.6 Å². The molecule has 3 N–H and O–H groups in total. The third-order valence-electron chi connectivity index (χ3n) is 7.17. The Morgan fingerprint density at radius 2 is 1.70 bits per heavy atom. The topological polar surface area (TPSA) is 105 Å². The van der Waals surface area contributed by atoms with Gasteiger partial charge in [0, 0.05) is 24.6 Å². The van der Waals surface area contributed by atoms with Crippen molar-refractivity contribution in [1.29, 1.82) is 0 Å². The minimum Gasteiger partial charge on any atom is -0.478 e. The Morgan fingerprint density at radius 3 is 2.36 bits per heavy atom. The number of carboxylic acids is 1. The van der Waals surface area contributed by atoms with E-state index in [1.165, 1.54) is 28.3 Å². The molecule has 0 unspecified atom stereocenters. The molecule has 3 atom stereocenters. The lowest BCUT2D eigenvalue weighted by Gasteiger charge is -2.19. The average molecular weight is 447 g/mol. The summed E-state index contributed by atoms with van der Waals surface area (Å²) < 4.78 is 5.63. The van der Waals surface area contributed by atoms with Crippen molar-refractivity contribution in [3.63, 3.8) is 0 Å². The smallest absolute Gasteiger partial charge is 0.407 e.